The lowest BCUT2D eigenvalue weighted by molar-refractivity contribution is 0.120. The van der Waals surface area contributed by atoms with Crippen molar-refractivity contribution in [1.82, 2.24) is 15.1 Å². The Morgan fingerprint density at radius 2 is 1.83 bits per heavy atom. The van der Waals surface area contributed by atoms with Crippen LogP contribution in [-0.4, -0.2) is 73.4 Å². The van der Waals surface area contributed by atoms with Crippen LogP contribution in [0.25, 0.3) is 0 Å². The molecular weight excluding hydrogens is 226 g/mol. The summed E-state index contributed by atoms with van der Waals surface area (Å²) in [5, 5.41) is 12.6. The zero-order valence-corrected chi connectivity index (χ0v) is 11.8. The van der Waals surface area contributed by atoms with E-state index >= 15 is 0 Å². The summed E-state index contributed by atoms with van der Waals surface area (Å²) in [4.78, 5) is 5.17. The predicted octanol–water partition coefficient (Wildman–Crippen LogP) is 0.375. The van der Waals surface area contributed by atoms with E-state index in [-0.39, 0.29) is 12.6 Å². The number of piperazine rings is 1. The van der Waals surface area contributed by atoms with Crippen LogP contribution >= 0.6 is 0 Å². The molecule has 0 aromatic rings. The molecule has 1 saturated carbocycles. The number of nitrogens with one attached hydrogen (secondary N) is 1. The molecule has 0 radical (unpaired) electrons. The fourth-order valence-electron chi connectivity index (χ4n) is 2.75. The Morgan fingerprint density at radius 3 is 2.39 bits per heavy atom. The fraction of sp³-hybridized carbons (Fsp3) is 1.00. The molecule has 2 fully saturated rings. The van der Waals surface area contributed by atoms with Crippen molar-refractivity contribution >= 4 is 0 Å². The molecule has 1 aliphatic heterocycles. The molecule has 4 nitrogen and oxygen atoms in total. The van der Waals surface area contributed by atoms with Crippen LogP contribution in [0.5, 0.6) is 0 Å². The first-order chi connectivity index (χ1) is 8.81. The number of rotatable bonds is 8. The van der Waals surface area contributed by atoms with Crippen LogP contribution in [0.4, 0.5) is 0 Å². The van der Waals surface area contributed by atoms with Gasteiger partial charge in [-0.2, -0.15) is 0 Å². The molecule has 0 amide bonds. The smallest absolute Gasteiger partial charge is 0.0585 e. The summed E-state index contributed by atoms with van der Waals surface area (Å²) >= 11 is 0. The average molecular weight is 255 g/mol. The first-order valence-electron chi connectivity index (χ1n) is 7.60. The Labute approximate surface area is 111 Å². The molecule has 0 aromatic heterocycles. The maximum absolute atomic E-state index is 9.25. The quantitative estimate of drug-likeness (QED) is 0.657. The molecule has 1 heterocycles. The van der Waals surface area contributed by atoms with Gasteiger partial charge in [-0.3, -0.25) is 0 Å². The molecule has 1 aliphatic carbocycles. The molecule has 2 rings (SSSR count). The first kappa shape index (κ1) is 14.3. The van der Waals surface area contributed by atoms with Gasteiger partial charge in [0.15, 0.2) is 0 Å². The van der Waals surface area contributed by atoms with Crippen molar-refractivity contribution in [2.45, 2.75) is 32.2 Å². The van der Waals surface area contributed by atoms with Gasteiger partial charge in [-0.25, -0.2) is 0 Å². The molecule has 2 N–H and O–H groups in total. The molecule has 1 saturated heterocycles. The Morgan fingerprint density at radius 1 is 1.17 bits per heavy atom. The minimum atomic E-state index is 0.259. The van der Waals surface area contributed by atoms with Crippen LogP contribution in [0.3, 0.4) is 0 Å². The summed E-state index contributed by atoms with van der Waals surface area (Å²) < 4.78 is 0. The largest absolute Gasteiger partial charge is 0.395 e. The van der Waals surface area contributed by atoms with Crippen molar-refractivity contribution < 1.29 is 5.11 Å². The maximum Gasteiger partial charge on any atom is 0.0585 e. The third kappa shape index (κ3) is 4.84. The van der Waals surface area contributed by atoms with Gasteiger partial charge in [-0.15, -0.1) is 0 Å². The van der Waals surface area contributed by atoms with Crippen LogP contribution in [0, 0.1) is 5.92 Å². The lowest BCUT2D eigenvalue weighted by atomic mass is 10.2. The highest BCUT2D eigenvalue weighted by atomic mass is 16.3. The number of aliphatic hydroxyl groups excluding tert-OH is 1. The van der Waals surface area contributed by atoms with Crippen LogP contribution in [0.1, 0.15) is 26.2 Å². The van der Waals surface area contributed by atoms with Gasteiger partial charge in [0, 0.05) is 38.8 Å². The van der Waals surface area contributed by atoms with E-state index in [0.29, 0.717) is 0 Å². The average Bonchev–Trinajstić information content (AvgIpc) is 3.20. The second-order valence-electron chi connectivity index (χ2n) is 5.81. The summed E-state index contributed by atoms with van der Waals surface area (Å²) in [5.74, 6) is 1.02. The zero-order valence-electron chi connectivity index (χ0n) is 11.8. The maximum atomic E-state index is 9.25. The Balaban J connectivity index is 1.57. The summed E-state index contributed by atoms with van der Waals surface area (Å²) in [5.41, 5.74) is 0. The molecule has 4 heteroatoms. The molecule has 0 spiro atoms. The van der Waals surface area contributed by atoms with Gasteiger partial charge in [-0.1, -0.05) is 6.92 Å². The number of nitrogens with zero attached hydrogens (tertiary/aromatic N) is 2. The van der Waals surface area contributed by atoms with Crippen LogP contribution in [0.15, 0.2) is 0 Å². The first-order valence-corrected chi connectivity index (χ1v) is 7.60. The molecule has 2 aliphatic rings. The van der Waals surface area contributed by atoms with E-state index in [4.69, 9.17) is 0 Å². The van der Waals surface area contributed by atoms with E-state index in [1.165, 1.54) is 45.6 Å². The molecule has 0 bridgehead atoms. The second kappa shape index (κ2) is 7.43. The van der Waals surface area contributed by atoms with E-state index in [2.05, 4.69) is 22.0 Å². The van der Waals surface area contributed by atoms with Crippen molar-refractivity contribution in [1.29, 1.82) is 0 Å². The molecule has 18 heavy (non-hydrogen) atoms. The molecule has 0 aromatic carbocycles. The Kier molecular flexibility index (Phi) is 5.89. The van der Waals surface area contributed by atoms with Crippen LogP contribution in [-0.2, 0) is 0 Å². The number of aliphatic hydroxyl groups is 1. The van der Waals surface area contributed by atoms with Crippen molar-refractivity contribution in [2.24, 2.45) is 5.92 Å². The Bertz CT molecular complexity index is 225. The number of likely N-dealkylation sites (N-methyl/N-ethyl adjacent to an activating group) is 1. The molecule has 106 valence electrons. The molecule has 1 unspecified atom stereocenters. The summed E-state index contributed by atoms with van der Waals surface area (Å²) in [6.07, 6.45) is 3.98. The van der Waals surface area contributed by atoms with Gasteiger partial charge >= 0.3 is 0 Å². The molecular formula is C14H29N3O. The van der Waals surface area contributed by atoms with E-state index < -0.39 is 0 Å². The van der Waals surface area contributed by atoms with Gasteiger partial charge in [0.05, 0.1) is 6.61 Å². The standard InChI is InChI=1S/C14H29N3O/c1-2-15-14(12-18)5-6-16-7-9-17(10-8-16)11-13-3-4-13/h13-15,18H,2-12H2,1H3. The molecule has 1 atom stereocenters. The van der Waals surface area contributed by atoms with Crippen LogP contribution in [0.2, 0.25) is 0 Å². The van der Waals surface area contributed by atoms with E-state index in [0.717, 1.165) is 25.4 Å². The SMILES string of the molecule is CCNC(CO)CCN1CCN(CC2CC2)CC1. The monoisotopic (exact) mass is 255 g/mol. The van der Waals surface area contributed by atoms with Crippen molar-refractivity contribution in [3.05, 3.63) is 0 Å². The van der Waals surface area contributed by atoms with Crippen molar-refractivity contribution in [3.8, 4) is 0 Å². The highest BCUT2D eigenvalue weighted by Crippen LogP contribution is 2.29. The number of hydrogen-bond donors (Lipinski definition) is 2. The normalized spacial score (nSPS) is 24.3. The van der Waals surface area contributed by atoms with Gasteiger partial charge < -0.3 is 20.2 Å². The van der Waals surface area contributed by atoms with Gasteiger partial charge in [-0.05, 0) is 38.3 Å². The topological polar surface area (TPSA) is 38.7 Å². The highest BCUT2D eigenvalue weighted by Gasteiger charge is 2.26. The third-order valence-corrected chi connectivity index (χ3v) is 4.19. The fourth-order valence-corrected chi connectivity index (χ4v) is 2.75. The Hall–Kier alpha value is -0.160. The van der Waals surface area contributed by atoms with E-state index in [9.17, 15) is 5.11 Å². The van der Waals surface area contributed by atoms with Gasteiger partial charge in [0.2, 0.25) is 0 Å². The van der Waals surface area contributed by atoms with Gasteiger partial charge in [0.1, 0.15) is 0 Å². The minimum Gasteiger partial charge on any atom is -0.395 e. The lowest BCUT2D eigenvalue weighted by Crippen LogP contribution is -2.48. The third-order valence-electron chi connectivity index (χ3n) is 4.19. The summed E-state index contributed by atoms with van der Waals surface area (Å²) in [6, 6.07) is 0.277. The lowest BCUT2D eigenvalue weighted by Gasteiger charge is -2.35. The highest BCUT2D eigenvalue weighted by molar-refractivity contribution is 4.81. The summed E-state index contributed by atoms with van der Waals surface area (Å²) in [7, 11) is 0. The minimum absolute atomic E-state index is 0.259. The van der Waals surface area contributed by atoms with Crippen molar-refractivity contribution in [3.63, 3.8) is 0 Å². The van der Waals surface area contributed by atoms with E-state index in [1.807, 2.05) is 0 Å². The second-order valence-corrected chi connectivity index (χ2v) is 5.81. The van der Waals surface area contributed by atoms with Crippen LogP contribution < -0.4 is 5.32 Å². The van der Waals surface area contributed by atoms with E-state index in [1.54, 1.807) is 0 Å². The van der Waals surface area contributed by atoms with Gasteiger partial charge in [0.25, 0.3) is 0 Å². The predicted molar refractivity (Wildman–Crippen MR) is 74.8 cm³/mol. The number of hydrogen-bond acceptors (Lipinski definition) is 4. The summed E-state index contributed by atoms with van der Waals surface area (Å²) in [6.45, 7) is 10.6. The zero-order chi connectivity index (χ0) is 12.8. The van der Waals surface area contributed by atoms with Crippen molar-refractivity contribution in [2.75, 3.05) is 52.4 Å².